The number of aromatic nitrogens is 2. The Bertz CT molecular complexity index is 487. The Kier molecular flexibility index (Phi) is 4.65. The van der Waals surface area contributed by atoms with Crippen molar-refractivity contribution in [3.05, 3.63) is 17.8 Å². The Hall–Kier alpha value is -1.98. The molecule has 0 spiro atoms. The highest BCUT2D eigenvalue weighted by atomic mass is 16.5. The number of amides is 1. The molecule has 2 rings (SSSR count). The van der Waals surface area contributed by atoms with Crippen LogP contribution in [-0.2, 0) is 9.59 Å². The van der Waals surface area contributed by atoms with E-state index in [0.29, 0.717) is 25.4 Å². The molecule has 1 amide bonds. The Morgan fingerprint density at radius 1 is 1.35 bits per heavy atom. The minimum absolute atomic E-state index is 0.0151. The maximum atomic E-state index is 11.9. The number of rotatable bonds is 5. The molecule has 0 N–H and O–H groups in total. The fourth-order valence-corrected chi connectivity index (χ4v) is 2.11. The second kappa shape index (κ2) is 6.45. The molecule has 1 fully saturated rings. The van der Waals surface area contributed by atoms with Crippen molar-refractivity contribution in [2.24, 2.45) is 0 Å². The van der Waals surface area contributed by atoms with Crippen molar-refractivity contribution < 1.29 is 14.3 Å². The van der Waals surface area contributed by atoms with Crippen LogP contribution in [0.1, 0.15) is 31.9 Å². The normalized spacial score (nSPS) is 18.1. The first-order valence-corrected chi connectivity index (χ1v) is 6.79. The molecule has 1 aliphatic rings. The second-order valence-electron chi connectivity index (χ2n) is 5.08. The van der Waals surface area contributed by atoms with Crippen LogP contribution in [0, 0.1) is 6.92 Å². The van der Waals surface area contributed by atoms with E-state index in [1.165, 1.54) is 6.92 Å². The molecule has 0 aliphatic carbocycles. The molecule has 6 nitrogen and oxygen atoms in total. The van der Waals surface area contributed by atoms with Gasteiger partial charge in [0, 0.05) is 31.9 Å². The summed E-state index contributed by atoms with van der Waals surface area (Å²) in [6, 6.07) is 3.62. The lowest BCUT2D eigenvalue weighted by Gasteiger charge is -2.16. The number of nitrogens with zero attached hydrogens (tertiary/aromatic N) is 3. The number of hydrogen-bond acceptors (Lipinski definition) is 5. The number of ether oxygens (including phenoxy) is 1. The molecule has 1 aromatic heterocycles. The van der Waals surface area contributed by atoms with Gasteiger partial charge in [-0.25, -0.2) is 0 Å². The van der Waals surface area contributed by atoms with Crippen molar-refractivity contribution in [3.63, 3.8) is 0 Å². The van der Waals surface area contributed by atoms with Gasteiger partial charge >= 0.3 is 0 Å². The lowest BCUT2D eigenvalue weighted by atomic mass is 10.2. The average Bonchev–Trinajstić information content (AvgIpc) is 2.87. The van der Waals surface area contributed by atoms with Gasteiger partial charge in [-0.2, -0.15) is 5.10 Å². The number of hydrogen-bond donors (Lipinski definition) is 0. The van der Waals surface area contributed by atoms with Gasteiger partial charge < -0.3 is 14.4 Å². The van der Waals surface area contributed by atoms with Crippen LogP contribution < -0.4 is 4.74 Å². The van der Waals surface area contributed by atoms with Crippen LogP contribution in [0.3, 0.4) is 0 Å². The minimum Gasteiger partial charge on any atom is -0.471 e. The number of ketones is 1. The van der Waals surface area contributed by atoms with E-state index in [9.17, 15) is 9.59 Å². The number of aryl methyl sites for hydroxylation is 1. The monoisotopic (exact) mass is 277 g/mol. The fraction of sp³-hybridized carbons (Fsp3) is 0.571. The molecule has 2 heterocycles. The summed E-state index contributed by atoms with van der Waals surface area (Å²) in [7, 11) is 0. The summed E-state index contributed by atoms with van der Waals surface area (Å²) in [5.74, 6) is 0.542. The summed E-state index contributed by atoms with van der Waals surface area (Å²) in [5, 5.41) is 7.88. The zero-order valence-electron chi connectivity index (χ0n) is 11.8. The van der Waals surface area contributed by atoms with Gasteiger partial charge in [-0.15, -0.1) is 5.10 Å². The highest BCUT2D eigenvalue weighted by Crippen LogP contribution is 2.17. The summed E-state index contributed by atoms with van der Waals surface area (Å²) < 4.78 is 5.70. The Morgan fingerprint density at radius 3 is 2.80 bits per heavy atom. The molecule has 1 atom stereocenters. The van der Waals surface area contributed by atoms with Crippen LogP contribution in [0.25, 0.3) is 0 Å². The molecule has 0 aromatic carbocycles. The highest BCUT2D eigenvalue weighted by Gasteiger charge is 2.27. The van der Waals surface area contributed by atoms with Gasteiger partial charge in [0.1, 0.15) is 11.9 Å². The van der Waals surface area contributed by atoms with Crippen LogP contribution in [-0.4, -0.2) is 46.0 Å². The Balaban J connectivity index is 1.81. The van der Waals surface area contributed by atoms with Crippen molar-refractivity contribution >= 4 is 11.7 Å². The first-order chi connectivity index (χ1) is 9.54. The standard InChI is InChI=1S/C14H19N3O3/c1-10-3-5-13(16-15-10)20-12-7-8-17(9-12)14(19)6-4-11(2)18/h3,5,12H,4,6-9H2,1-2H3. The fourth-order valence-electron chi connectivity index (χ4n) is 2.11. The predicted molar refractivity (Wildman–Crippen MR) is 72.3 cm³/mol. The van der Waals surface area contributed by atoms with E-state index >= 15 is 0 Å². The van der Waals surface area contributed by atoms with Gasteiger partial charge in [0.05, 0.1) is 12.2 Å². The SMILES string of the molecule is CC(=O)CCC(=O)N1CCC(Oc2ccc(C)nn2)C1. The van der Waals surface area contributed by atoms with E-state index in [-0.39, 0.29) is 24.2 Å². The third-order valence-corrected chi connectivity index (χ3v) is 3.25. The van der Waals surface area contributed by atoms with Crippen LogP contribution in [0.5, 0.6) is 5.88 Å². The van der Waals surface area contributed by atoms with Gasteiger partial charge in [0.2, 0.25) is 11.8 Å². The quantitative estimate of drug-likeness (QED) is 0.807. The summed E-state index contributed by atoms with van der Waals surface area (Å²) in [5.41, 5.74) is 0.838. The largest absolute Gasteiger partial charge is 0.471 e. The Labute approximate surface area is 118 Å². The van der Waals surface area contributed by atoms with Gasteiger partial charge in [-0.1, -0.05) is 0 Å². The summed E-state index contributed by atoms with van der Waals surface area (Å²) in [4.78, 5) is 24.5. The van der Waals surface area contributed by atoms with Crippen molar-refractivity contribution in [2.45, 2.75) is 39.2 Å². The zero-order valence-corrected chi connectivity index (χ0v) is 11.8. The molecular weight excluding hydrogens is 258 g/mol. The van der Waals surface area contributed by atoms with Crippen molar-refractivity contribution in [2.75, 3.05) is 13.1 Å². The predicted octanol–water partition coefficient (Wildman–Crippen LogP) is 1.13. The number of likely N-dealkylation sites (tertiary alicyclic amines) is 1. The van der Waals surface area contributed by atoms with Crippen molar-refractivity contribution in [1.82, 2.24) is 15.1 Å². The number of Topliss-reactive ketones (excluding diaryl/α,β-unsaturated/α-hetero) is 1. The first-order valence-electron chi connectivity index (χ1n) is 6.79. The van der Waals surface area contributed by atoms with Gasteiger partial charge in [-0.05, 0) is 19.9 Å². The van der Waals surface area contributed by atoms with E-state index in [4.69, 9.17) is 4.74 Å². The molecule has 0 bridgehead atoms. The van der Waals surface area contributed by atoms with E-state index in [1.54, 1.807) is 11.0 Å². The lowest BCUT2D eigenvalue weighted by Crippen LogP contribution is -2.31. The third kappa shape index (κ3) is 4.01. The maximum Gasteiger partial charge on any atom is 0.233 e. The van der Waals surface area contributed by atoms with Gasteiger partial charge in [-0.3, -0.25) is 4.79 Å². The molecule has 108 valence electrons. The van der Waals surface area contributed by atoms with Crippen LogP contribution in [0.4, 0.5) is 0 Å². The van der Waals surface area contributed by atoms with Crippen LogP contribution in [0.2, 0.25) is 0 Å². The molecule has 6 heteroatoms. The zero-order chi connectivity index (χ0) is 14.5. The highest BCUT2D eigenvalue weighted by molar-refractivity contribution is 5.83. The van der Waals surface area contributed by atoms with E-state index in [1.807, 2.05) is 13.0 Å². The van der Waals surface area contributed by atoms with Gasteiger partial charge in [0.15, 0.2) is 0 Å². The molecule has 20 heavy (non-hydrogen) atoms. The summed E-state index contributed by atoms with van der Waals surface area (Å²) in [6.07, 6.45) is 1.33. The molecule has 1 aliphatic heterocycles. The lowest BCUT2D eigenvalue weighted by molar-refractivity contribution is -0.132. The van der Waals surface area contributed by atoms with Crippen LogP contribution in [0.15, 0.2) is 12.1 Å². The van der Waals surface area contributed by atoms with E-state index in [2.05, 4.69) is 10.2 Å². The summed E-state index contributed by atoms with van der Waals surface area (Å²) in [6.45, 7) is 4.58. The van der Waals surface area contributed by atoms with E-state index in [0.717, 1.165) is 12.1 Å². The van der Waals surface area contributed by atoms with Crippen molar-refractivity contribution in [1.29, 1.82) is 0 Å². The molecular formula is C14H19N3O3. The number of carbonyl (C=O) groups excluding carboxylic acids is 2. The molecule has 1 aromatic rings. The molecule has 1 saturated heterocycles. The molecule has 0 saturated carbocycles. The van der Waals surface area contributed by atoms with E-state index < -0.39 is 0 Å². The first kappa shape index (κ1) is 14.4. The smallest absolute Gasteiger partial charge is 0.233 e. The van der Waals surface area contributed by atoms with Crippen molar-refractivity contribution in [3.8, 4) is 5.88 Å². The average molecular weight is 277 g/mol. The van der Waals surface area contributed by atoms with Crippen LogP contribution >= 0.6 is 0 Å². The molecule has 0 radical (unpaired) electrons. The topological polar surface area (TPSA) is 72.4 Å². The summed E-state index contributed by atoms with van der Waals surface area (Å²) >= 11 is 0. The number of carbonyl (C=O) groups is 2. The molecule has 1 unspecified atom stereocenters. The van der Waals surface area contributed by atoms with Gasteiger partial charge in [0.25, 0.3) is 0 Å². The maximum absolute atomic E-state index is 11.9. The minimum atomic E-state index is -0.0479. The second-order valence-corrected chi connectivity index (χ2v) is 5.08. The third-order valence-electron chi connectivity index (χ3n) is 3.25. The Morgan fingerprint density at radius 2 is 2.15 bits per heavy atom.